The van der Waals surface area contributed by atoms with E-state index in [2.05, 4.69) is 17.0 Å². The first kappa shape index (κ1) is 18.5. The van der Waals surface area contributed by atoms with E-state index in [9.17, 15) is 9.59 Å². The molecule has 2 heterocycles. The minimum atomic E-state index is -0.513. The molecular weight excluding hydrogens is 350 g/mol. The third kappa shape index (κ3) is 3.37. The minimum Gasteiger partial charge on any atom is -0.368 e. The lowest BCUT2D eigenvalue weighted by Gasteiger charge is -2.43. The summed E-state index contributed by atoms with van der Waals surface area (Å²) in [4.78, 5) is 32.3. The summed E-state index contributed by atoms with van der Waals surface area (Å²) in [5.74, 6) is 0.0804. The maximum atomic E-state index is 13.5. The number of rotatable bonds is 3. The monoisotopic (exact) mass is 377 g/mol. The van der Waals surface area contributed by atoms with E-state index in [1.54, 1.807) is 4.90 Å². The number of para-hydroxylation sites is 1. The van der Waals surface area contributed by atoms with Crippen molar-refractivity contribution in [3.63, 3.8) is 0 Å². The molecule has 2 aliphatic heterocycles. The molecule has 1 fully saturated rings. The van der Waals surface area contributed by atoms with E-state index in [4.69, 9.17) is 0 Å². The predicted octanol–water partition coefficient (Wildman–Crippen LogP) is 2.87. The Morgan fingerprint density at radius 2 is 1.57 bits per heavy atom. The first-order valence-corrected chi connectivity index (χ1v) is 10.0. The number of piperazine rings is 1. The predicted molar refractivity (Wildman–Crippen MR) is 110 cm³/mol. The normalized spacial score (nSPS) is 19.8. The van der Waals surface area contributed by atoms with E-state index < -0.39 is 6.04 Å². The minimum absolute atomic E-state index is 0.0135. The van der Waals surface area contributed by atoms with Gasteiger partial charge in [0, 0.05) is 37.9 Å². The van der Waals surface area contributed by atoms with Gasteiger partial charge in [0.05, 0.1) is 6.42 Å². The van der Waals surface area contributed by atoms with Crippen molar-refractivity contribution in [3.05, 3.63) is 65.7 Å². The largest absolute Gasteiger partial charge is 0.368 e. The third-order valence-corrected chi connectivity index (χ3v) is 5.76. The molecule has 0 saturated carbocycles. The van der Waals surface area contributed by atoms with Crippen LogP contribution < -0.4 is 4.90 Å². The van der Waals surface area contributed by atoms with Crippen LogP contribution in [0.5, 0.6) is 0 Å². The second-order valence-electron chi connectivity index (χ2n) is 7.82. The summed E-state index contributed by atoms with van der Waals surface area (Å²) >= 11 is 0. The number of amides is 2. The molecule has 4 rings (SSSR count). The number of hydrogen-bond donors (Lipinski definition) is 0. The Hall–Kier alpha value is -2.82. The van der Waals surface area contributed by atoms with Gasteiger partial charge in [0.15, 0.2) is 0 Å². The molecule has 28 heavy (non-hydrogen) atoms. The average molecular weight is 377 g/mol. The van der Waals surface area contributed by atoms with Gasteiger partial charge in [-0.3, -0.25) is 9.59 Å². The highest BCUT2D eigenvalue weighted by Crippen LogP contribution is 2.34. The van der Waals surface area contributed by atoms with Gasteiger partial charge >= 0.3 is 0 Å². The molecule has 1 atom stereocenters. The number of carbonyl (C=O) groups is 2. The molecule has 2 aromatic rings. The zero-order valence-electron chi connectivity index (χ0n) is 16.5. The van der Waals surface area contributed by atoms with Crippen molar-refractivity contribution in [1.82, 2.24) is 9.80 Å². The molecule has 1 saturated heterocycles. The van der Waals surface area contributed by atoms with E-state index in [1.807, 2.05) is 61.2 Å². The number of carbonyl (C=O) groups excluding carboxylic acids is 2. The summed E-state index contributed by atoms with van der Waals surface area (Å²) in [5, 5.41) is 0. The van der Waals surface area contributed by atoms with E-state index in [0.717, 1.165) is 24.2 Å². The number of anilines is 1. The number of benzene rings is 2. The molecule has 0 radical (unpaired) electrons. The van der Waals surface area contributed by atoms with Crippen molar-refractivity contribution >= 4 is 17.5 Å². The van der Waals surface area contributed by atoms with Crippen molar-refractivity contribution in [1.29, 1.82) is 0 Å². The molecule has 2 amide bonds. The van der Waals surface area contributed by atoms with Crippen LogP contribution in [0.3, 0.4) is 0 Å². The molecule has 0 N–H and O–H groups in total. The lowest BCUT2D eigenvalue weighted by atomic mass is 9.90. The van der Waals surface area contributed by atoms with Crippen LogP contribution in [0, 0.1) is 0 Å². The summed E-state index contributed by atoms with van der Waals surface area (Å²) in [6.45, 7) is 6.93. The van der Waals surface area contributed by atoms with Crippen LogP contribution in [0.15, 0.2) is 54.6 Å². The van der Waals surface area contributed by atoms with Gasteiger partial charge in [-0.1, -0.05) is 42.5 Å². The quantitative estimate of drug-likeness (QED) is 0.826. The van der Waals surface area contributed by atoms with Crippen LogP contribution in [0.25, 0.3) is 0 Å². The molecule has 0 bridgehead atoms. The standard InChI is InChI=1S/C23H27N3O2/c1-17(2)26-21(27)16-18-8-6-7-11-20(18)22(26)23(28)25-14-12-24(13-15-25)19-9-4-3-5-10-19/h3-11,17,22H,12-16H2,1-2H3/t22-/m1/s1. The highest BCUT2D eigenvalue weighted by atomic mass is 16.2. The topological polar surface area (TPSA) is 43.9 Å². The van der Waals surface area contributed by atoms with Crippen molar-refractivity contribution in [2.45, 2.75) is 32.4 Å². The van der Waals surface area contributed by atoms with E-state index >= 15 is 0 Å². The van der Waals surface area contributed by atoms with Crippen LogP contribution in [0.1, 0.15) is 31.0 Å². The highest BCUT2D eigenvalue weighted by Gasteiger charge is 2.40. The number of fused-ring (bicyclic) bond motifs is 1. The van der Waals surface area contributed by atoms with Crippen LogP contribution in [0.4, 0.5) is 5.69 Å². The van der Waals surface area contributed by atoms with Crippen molar-refractivity contribution < 1.29 is 9.59 Å². The summed E-state index contributed by atoms with van der Waals surface area (Å²) in [5.41, 5.74) is 3.15. The van der Waals surface area contributed by atoms with Crippen LogP contribution in [0.2, 0.25) is 0 Å². The highest BCUT2D eigenvalue weighted by molar-refractivity contribution is 5.92. The lowest BCUT2D eigenvalue weighted by molar-refractivity contribution is -0.149. The molecule has 0 spiro atoms. The van der Waals surface area contributed by atoms with Gasteiger partial charge in [-0.05, 0) is 37.1 Å². The fraction of sp³-hybridized carbons (Fsp3) is 0.391. The maximum absolute atomic E-state index is 13.5. The zero-order valence-corrected chi connectivity index (χ0v) is 16.5. The van der Waals surface area contributed by atoms with Gasteiger partial charge in [-0.2, -0.15) is 0 Å². The fourth-order valence-corrected chi connectivity index (χ4v) is 4.34. The summed E-state index contributed by atoms with van der Waals surface area (Å²) in [7, 11) is 0. The maximum Gasteiger partial charge on any atom is 0.250 e. The molecule has 0 aromatic heterocycles. The van der Waals surface area contributed by atoms with Crippen molar-refractivity contribution in [3.8, 4) is 0 Å². The van der Waals surface area contributed by atoms with E-state index in [1.165, 1.54) is 5.69 Å². The summed E-state index contributed by atoms with van der Waals surface area (Å²) in [6, 6.07) is 17.6. The second-order valence-corrected chi connectivity index (χ2v) is 7.82. The average Bonchev–Trinajstić information content (AvgIpc) is 2.72. The Kier molecular flexibility index (Phi) is 5.07. The van der Waals surface area contributed by atoms with Gasteiger partial charge in [0.25, 0.3) is 0 Å². The SMILES string of the molecule is CC(C)N1C(=O)Cc2ccccc2[C@@H]1C(=O)N1CCN(c2ccccc2)CC1. The fourth-order valence-electron chi connectivity index (χ4n) is 4.34. The molecule has 146 valence electrons. The Labute approximate surface area is 166 Å². The Morgan fingerprint density at radius 3 is 2.25 bits per heavy atom. The number of nitrogens with zero attached hydrogens (tertiary/aromatic N) is 3. The lowest BCUT2D eigenvalue weighted by Crippen LogP contribution is -2.55. The molecule has 5 nitrogen and oxygen atoms in total. The second kappa shape index (κ2) is 7.66. The first-order chi connectivity index (χ1) is 13.6. The van der Waals surface area contributed by atoms with Gasteiger partial charge in [-0.15, -0.1) is 0 Å². The number of hydrogen-bond acceptors (Lipinski definition) is 3. The Morgan fingerprint density at radius 1 is 0.929 bits per heavy atom. The molecule has 2 aliphatic rings. The van der Waals surface area contributed by atoms with Crippen molar-refractivity contribution in [2.75, 3.05) is 31.1 Å². The van der Waals surface area contributed by atoms with Crippen LogP contribution in [-0.4, -0.2) is 53.8 Å². The third-order valence-electron chi connectivity index (χ3n) is 5.76. The Balaban J connectivity index is 1.55. The molecule has 2 aromatic carbocycles. The van der Waals surface area contributed by atoms with Gasteiger partial charge in [0.2, 0.25) is 11.8 Å². The van der Waals surface area contributed by atoms with Gasteiger partial charge in [0.1, 0.15) is 6.04 Å². The zero-order chi connectivity index (χ0) is 19.7. The molecule has 0 unspecified atom stereocenters. The first-order valence-electron chi connectivity index (χ1n) is 10.0. The molecule has 0 aliphatic carbocycles. The Bertz CT molecular complexity index is 857. The molecular formula is C23H27N3O2. The smallest absolute Gasteiger partial charge is 0.250 e. The summed E-state index contributed by atoms with van der Waals surface area (Å²) in [6.07, 6.45) is 0.375. The van der Waals surface area contributed by atoms with Gasteiger partial charge in [-0.25, -0.2) is 0 Å². The van der Waals surface area contributed by atoms with Gasteiger partial charge < -0.3 is 14.7 Å². The summed E-state index contributed by atoms with van der Waals surface area (Å²) < 4.78 is 0. The van der Waals surface area contributed by atoms with E-state index in [0.29, 0.717) is 19.5 Å². The van der Waals surface area contributed by atoms with Crippen molar-refractivity contribution in [2.24, 2.45) is 0 Å². The van der Waals surface area contributed by atoms with Crippen LogP contribution >= 0.6 is 0 Å². The van der Waals surface area contributed by atoms with E-state index in [-0.39, 0.29) is 17.9 Å². The van der Waals surface area contributed by atoms with Crippen LogP contribution in [-0.2, 0) is 16.0 Å². The molecule has 5 heteroatoms.